The van der Waals surface area contributed by atoms with E-state index in [4.69, 9.17) is 4.74 Å². The van der Waals surface area contributed by atoms with Gasteiger partial charge in [0, 0.05) is 29.3 Å². The van der Waals surface area contributed by atoms with Crippen molar-refractivity contribution in [2.45, 2.75) is 32.0 Å². The molecule has 0 fully saturated rings. The maximum atomic E-state index is 11.4. The highest BCUT2D eigenvalue weighted by Gasteiger charge is 2.18. The first-order chi connectivity index (χ1) is 16.4. The Morgan fingerprint density at radius 2 is 1.76 bits per heavy atom. The molecule has 0 saturated carbocycles. The monoisotopic (exact) mass is 474 g/mol. The minimum absolute atomic E-state index is 0.00185. The fourth-order valence-corrected chi connectivity index (χ4v) is 4.20. The van der Waals surface area contributed by atoms with Crippen molar-refractivity contribution < 1.29 is 14.6 Å². The molecule has 4 rings (SSSR count). The van der Waals surface area contributed by atoms with Crippen LogP contribution in [0.2, 0.25) is 0 Å². The third-order valence-corrected chi connectivity index (χ3v) is 6.50. The summed E-state index contributed by atoms with van der Waals surface area (Å²) in [5.41, 5.74) is 4.87. The quantitative estimate of drug-likeness (QED) is 0.278. The number of hydrogen-bond donors (Lipinski definition) is 1. The number of pyridine rings is 1. The lowest BCUT2D eigenvalue weighted by Gasteiger charge is -2.14. The Balaban J connectivity index is 1.49. The van der Waals surface area contributed by atoms with Gasteiger partial charge in [-0.1, -0.05) is 17.8 Å². The number of ether oxygens (including phenoxy) is 1. The van der Waals surface area contributed by atoms with E-state index in [1.807, 2.05) is 22.8 Å². The molecular weight excluding hydrogens is 448 g/mol. The molecule has 1 N–H and O–H groups in total. The maximum absolute atomic E-state index is 11.4. The van der Waals surface area contributed by atoms with Crippen LogP contribution in [0.3, 0.4) is 0 Å². The fraction of sp³-hybridized carbons (Fsp3) is 0.231. The van der Waals surface area contributed by atoms with Crippen LogP contribution in [0, 0.1) is 13.8 Å². The Morgan fingerprint density at radius 3 is 2.44 bits per heavy atom. The normalized spacial score (nSPS) is 11.9. The molecule has 8 heteroatoms. The van der Waals surface area contributed by atoms with Crippen LogP contribution in [0.1, 0.15) is 28.4 Å². The van der Waals surface area contributed by atoms with Crippen molar-refractivity contribution in [3.63, 3.8) is 0 Å². The van der Waals surface area contributed by atoms with Gasteiger partial charge in [-0.2, -0.15) is 0 Å². The number of aliphatic hydroxyl groups is 1. The molecule has 2 heterocycles. The van der Waals surface area contributed by atoms with Gasteiger partial charge >= 0.3 is 0 Å². The van der Waals surface area contributed by atoms with E-state index in [9.17, 15) is 9.90 Å². The summed E-state index contributed by atoms with van der Waals surface area (Å²) in [4.78, 5) is 15.5. The largest absolute Gasteiger partial charge is 0.491 e. The molecule has 0 radical (unpaired) electrons. The summed E-state index contributed by atoms with van der Waals surface area (Å²) in [6.45, 7) is 5.80. The molecular formula is C26H26N4O3S. The highest BCUT2D eigenvalue weighted by molar-refractivity contribution is 7.99. The number of nitrogens with zero attached hydrogens (tertiary/aromatic N) is 4. The number of aromatic nitrogens is 4. The van der Waals surface area contributed by atoms with Gasteiger partial charge in [0.1, 0.15) is 12.4 Å². The molecule has 34 heavy (non-hydrogen) atoms. The summed E-state index contributed by atoms with van der Waals surface area (Å²) in [6.07, 6.45) is 2.74. The molecule has 2 aromatic carbocycles. The van der Waals surface area contributed by atoms with Crippen LogP contribution >= 0.6 is 11.8 Å². The van der Waals surface area contributed by atoms with E-state index in [0.717, 1.165) is 11.3 Å². The lowest BCUT2D eigenvalue weighted by molar-refractivity contribution is 0.101. The minimum Gasteiger partial charge on any atom is -0.491 e. The number of Topliss-reactive ketones (excluding diaryl/α,β-unsaturated/α-hetero) is 1. The van der Waals surface area contributed by atoms with Gasteiger partial charge in [-0.05, 0) is 80.4 Å². The van der Waals surface area contributed by atoms with Crippen molar-refractivity contribution in [2.24, 2.45) is 0 Å². The van der Waals surface area contributed by atoms with Crippen molar-refractivity contribution in [3.8, 4) is 22.8 Å². The Hall–Kier alpha value is -3.49. The molecule has 0 aliphatic rings. The third-order valence-electron chi connectivity index (χ3n) is 5.43. The van der Waals surface area contributed by atoms with Gasteiger partial charge in [0.25, 0.3) is 0 Å². The lowest BCUT2D eigenvalue weighted by atomic mass is 10.1. The van der Waals surface area contributed by atoms with Crippen molar-refractivity contribution in [2.75, 3.05) is 12.4 Å². The zero-order chi connectivity index (χ0) is 24.1. The van der Waals surface area contributed by atoms with Crippen LogP contribution < -0.4 is 4.74 Å². The third kappa shape index (κ3) is 5.52. The number of ketones is 1. The molecule has 1 atom stereocenters. The highest BCUT2D eigenvalue weighted by Crippen LogP contribution is 2.29. The Bertz CT molecular complexity index is 1270. The Labute approximate surface area is 202 Å². The SMILES string of the molecule is CC(=O)c1ccc(OCC(O)CSc2nnc(-c3ccncc3)n2-c2ccc(C)c(C)c2)cc1. The van der Waals surface area contributed by atoms with Crippen LogP contribution in [-0.4, -0.2) is 49.1 Å². The van der Waals surface area contributed by atoms with Crippen LogP contribution in [-0.2, 0) is 0 Å². The van der Waals surface area contributed by atoms with Crippen LogP contribution in [0.15, 0.2) is 72.1 Å². The van der Waals surface area contributed by atoms with Gasteiger partial charge in [0.2, 0.25) is 0 Å². The van der Waals surface area contributed by atoms with Crippen LogP contribution in [0.25, 0.3) is 17.1 Å². The standard InChI is InChI=1S/C26H26N4O3S/c1-17-4-7-22(14-18(17)2)30-25(21-10-12-27-13-11-21)28-29-26(30)34-16-23(32)15-33-24-8-5-20(6-9-24)19(3)31/h4-14,23,32H,15-16H2,1-3H3. The number of carbonyl (C=O) groups is 1. The number of rotatable bonds is 9. The molecule has 0 saturated heterocycles. The fourth-order valence-electron chi connectivity index (χ4n) is 3.35. The lowest BCUT2D eigenvalue weighted by Crippen LogP contribution is -2.20. The van der Waals surface area contributed by atoms with E-state index >= 15 is 0 Å². The zero-order valence-electron chi connectivity index (χ0n) is 19.3. The summed E-state index contributed by atoms with van der Waals surface area (Å²) >= 11 is 1.42. The Morgan fingerprint density at radius 1 is 1.03 bits per heavy atom. The summed E-state index contributed by atoms with van der Waals surface area (Å²) in [7, 11) is 0. The van der Waals surface area contributed by atoms with E-state index in [-0.39, 0.29) is 12.4 Å². The van der Waals surface area contributed by atoms with Crippen LogP contribution in [0.4, 0.5) is 0 Å². The number of aliphatic hydroxyl groups excluding tert-OH is 1. The van der Waals surface area contributed by atoms with E-state index < -0.39 is 6.10 Å². The second-order valence-corrected chi connectivity index (χ2v) is 8.99. The highest BCUT2D eigenvalue weighted by atomic mass is 32.2. The molecule has 0 bridgehead atoms. The van der Waals surface area contributed by atoms with Gasteiger partial charge in [-0.25, -0.2) is 0 Å². The zero-order valence-corrected chi connectivity index (χ0v) is 20.1. The van der Waals surface area contributed by atoms with Gasteiger partial charge in [-0.3, -0.25) is 14.3 Å². The minimum atomic E-state index is -0.716. The van der Waals surface area contributed by atoms with Crippen LogP contribution in [0.5, 0.6) is 5.75 Å². The molecule has 0 spiro atoms. The molecule has 2 aromatic heterocycles. The molecule has 7 nitrogen and oxygen atoms in total. The van der Waals surface area contributed by atoms with E-state index in [1.165, 1.54) is 29.8 Å². The van der Waals surface area contributed by atoms with Crippen molar-refractivity contribution >= 4 is 17.5 Å². The number of thioether (sulfide) groups is 1. The Kier molecular flexibility index (Phi) is 7.40. The first-order valence-corrected chi connectivity index (χ1v) is 11.9. The van der Waals surface area contributed by atoms with Crippen molar-refractivity contribution in [3.05, 3.63) is 83.7 Å². The van der Waals surface area contributed by atoms with Crippen molar-refractivity contribution in [1.82, 2.24) is 19.7 Å². The number of carbonyl (C=O) groups excluding carboxylic acids is 1. The molecule has 0 aliphatic heterocycles. The topological polar surface area (TPSA) is 90.1 Å². The summed E-state index contributed by atoms with van der Waals surface area (Å²) in [5.74, 6) is 1.70. The predicted molar refractivity (Wildman–Crippen MR) is 133 cm³/mol. The van der Waals surface area contributed by atoms with Gasteiger partial charge in [0.15, 0.2) is 16.8 Å². The predicted octanol–water partition coefficient (Wildman–Crippen LogP) is 4.68. The van der Waals surface area contributed by atoms with Gasteiger partial charge in [0.05, 0.1) is 11.8 Å². The second kappa shape index (κ2) is 10.6. The van der Waals surface area contributed by atoms with Crippen molar-refractivity contribution in [1.29, 1.82) is 0 Å². The summed E-state index contributed by atoms with van der Waals surface area (Å²) < 4.78 is 7.69. The first kappa shape index (κ1) is 23.7. The van der Waals surface area contributed by atoms with E-state index in [1.54, 1.807) is 36.7 Å². The van der Waals surface area contributed by atoms with Gasteiger partial charge < -0.3 is 9.84 Å². The average molecular weight is 475 g/mol. The number of hydrogen-bond acceptors (Lipinski definition) is 7. The molecule has 0 amide bonds. The maximum Gasteiger partial charge on any atom is 0.196 e. The molecule has 174 valence electrons. The average Bonchev–Trinajstić information content (AvgIpc) is 3.28. The molecule has 1 unspecified atom stereocenters. The molecule has 0 aliphatic carbocycles. The van der Waals surface area contributed by atoms with Gasteiger partial charge in [-0.15, -0.1) is 10.2 Å². The number of benzene rings is 2. The van der Waals surface area contributed by atoms with E-state index in [0.29, 0.717) is 28.0 Å². The summed E-state index contributed by atoms with van der Waals surface area (Å²) in [5, 5.41) is 20.0. The second-order valence-electron chi connectivity index (χ2n) is 8.00. The summed E-state index contributed by atoms with van der Waals surface area (Å²) in [6, 6.07) is 16.9. The number of aryl methyl sites for hydroxylation is 2. The molecule has 4 aromatic rings. The smallest absolute Gasteiger partial charge is 0.196 e. The first-order valence-electron chi connectivity index (χ1n) is 10.9. The van der Waals surface area contributed by atoms with E-state index in [2.05, 4.69) is 41.2 Å².